The van der Waals surface area contributed by atoms with Crippen LogP contribution in [0.25, 0.3) is 0 Å². The number of ether oxygens (including phenoxy) is 3. The molecule has 0 aliphatic carbocycles. The SMILES string of the molecule is COc1ccc(CCCCOC[C@@H]2O[C@H](CO)[C@@H](O)[C@H](O)[C@H]2O)cc1. The smallest absolute Gasteiger partial charge is 0.118 e. The molecule has 0 aromatic heterocycles. The Kier molecular flexibility index (Phi) is 8.08. The van der Waals surface area contributed by atoms with E-state index in [-0.39, 0.29) is 6.61 Å². The first kappa shape index (κ1) is 20.1. The van der Waals surface area contributed by atoms with Crippen molar-refractivity contribution in [2.24, 2.45) is 0 Å². The Morgan fingerprint density at radius 3 is 2.28 bits per heavy atom. The summed E-state index contributed by atoms with van der Waals surface area (Å²) in [7, 11) is 1.64. The number of methoxy groups -OCH3 is 1. The van der Waals surface area contributed by atoms with Gasteiger partial charge < -0.3 is 34.6 Å². The molecule has 4 N–H and O–H groups in total. The predicted molar refractivity (Wildman–Crippen MR) is 90.5 cm³/mol. The van der Waals surface area contributed by atoms with E-state index in [1.165, 1.54) is 5.56 Å². The van der Waals surface area contributed by atoms with Gasteiger partial charge in [-0.1, -0.05) is 12.1 Å². The number of benzene rings is 1. The van der Waals surface area contributed by atoms with Crippen molar-refractivity contribution in [1.82, 2.24) is 0 Å². The number of rotatable bonds is 9. The quantitative estimate of drug-likeness (QED) is 0.457. The highest BCUT2D eigenvalue weighted by Crippen LogP contribution is 2.21. The summed E-state index contributed by atoms with van der Waals surface area (Å²) in [5.74, 6) is 0.839. The Hall–Kier alpha value is -1.22. The molecule has 25 heavy (non-hydrogen) atoms. The first-order chi connectivity index (χ1) is 12.1. The second-order valence-corrected chi connectivity index (χ2v) is 6.25. The largest absolute Gasteiger partial charge is 0.497 e. The van der Waals surface area contributed by atoms with Crippen molar-refractivity contribution in [3.05, 3.63) is 29.8 Å². The molecule has 1 aliphatic heterocycles. The van der Waals surface area contributed by atoms with Gasteiger partial charge in [0.2, 0.25) is 0 Å². The molecule has 5 atom stereocenters. The maximum absolute atomic E-state index is 9.91. The number of hydrogen-bond acceptors (Lipinski definition) is 7. The molecule has 2 rings (SSSR count). The lowest BCUT2D eigenvalue weighted by Crippen LogP contribution is -2.59. The Balaban J connectivity index is 1.63. The van der Waals surface area contributed by atoms with E-state index in [4.69, 9.17) is 19.3 Å². The summed E-state index contributed by atoms with van der Waals surface area (Å²) in [6.07, 6.45) is -2.83. The summed E-state index contributed by atoms with van der Waals surface area (Å²) in [5.41, 5.74) is 1.23. The number of unbranched alkanes of at least 4 members (excludes halogenated alkanes) is 1. The molecule has 1 aliphatic rings. The maximum atomic E-state index is 9.91. The molecule has 1 aromatic rings. The first-order valence-electron chi connectivity index (χ1n) is 8.58. The third-order valence-electron chi connectivity index (χ3n) is 4.44. The molecule has 7 heteroatoms. The summed E-state index contributed by atoms with van der Waals surface area (Å²) in [6.45, 7) is 0.179. The minimum atomic E-state index is -1.35. The zero-order valence-electron chi connectivity index (χ0n) is 14.5. The van der Waals surface area contributed by atoms with Gasteiger partial charge in [-0.15, -0.1) is 0 Å². The second-order valence-electron chi connectivity index (χ2n) is 6.25. The van der Waals surface area contributed by atoms with Crippen LogP contribution in [0.3, 0.4) is 0 Å². The van der Waals surface area contributed by atoms with Crippen molar-refractivity contribution in [3.8, 4) is 5.75 Å². The van der Waals surface area contributed by atoms with Gasteiger partial charge in [-0.3, -0.25) is 0 Å². The first-order valence-corrected chi connectivity index (χ1v) is 8.58. The van der Waals surface area contributed by atoms with Crippen LogP contribution in [0, 0.1) is 0 Å². The molecule has 0 saturated carbocycles. The van der Waals surface area contributed by atoms with Crippen LogP contribution in [0.2, 0.25) is 0 Å². The number of aliphatic hydroxyl groups is 4. The van der Waals surface area contributed by atoms with Gasteiger partial charge in [0.1, 0.15) is 36.3 Å². The number of aliphatic hydroxyl groups excluding tert-OH is 4. The molecule has 0 radical (unpaired) electrons. The van der Waals surface area contributed by atoms with Gasteiger partial charge in [-0.25, -0.2) is 0 Å². The Morgan fingerprint density at radius 1 is 0.960 bits per heavy atom. The molecule has 0 bridgehead atoms. The lowest BCUT2D eigenvalue weighted by molar-refractivity contribution is -0.239. The van der Waals surface area contributed by atoms with Crippen LogP contribution in [0.1, 0.15) is 18.4 Å². The summed E-state index contributed by atoms with van der Waals surface area (Å²) < 4.78 is 16.0. The van der Waals surface area contributed by atoms with E-state index in [0.717, 1.165) is 25.0 Å². The van der Waals surface area contributed by atoms with Crippen LogP contribution in [0.4, 0.5) is 0 Å². The molecule has 1 aromatic carbocycles. The summed E-state index contributed by atoms with van der Waals surface area (Å²) in [4.78, 5) is 0. The van der Waals surface area contributed by atoms with Gasteiger partial charge in [-0.2, -0.15) is 0 Å². The predicted octanol–water partition coefficient (Wildman–Crippen LogP) is -0.123. The molecule has 0 amide bonds. The molecule has 1 heterocycles. The van der Waals surface area contributed by atoms with Crippen molar-refractivity contribution in [2.75, 3.05) is 26.9 Å². The van der Waals surface area contributed by atoms with Crippen LogP contribution < -0.4 is 4.74 Å². The maximum Gasteiger partial charge on any atom is 0.118 e. The van der Waals surface area contributed by atoms with Gasteiger partial charge in [0, 0.05) is 6.61 Å². The minimum Gasteiger partial charge on any atom is -0.497 e. The molecule has 0 unspecified atom stereocenters. The zero-order chi connectivity index (χ0) is 18.2. The van der Waals surface area contributed by atoms with Gasteiger partial charge >= 0.3 is 0 Å². The third kappa shape index (κ3) is 5.64. The molecule has 1 saturated heterocycles. The number of hydrogen-bond donors (Lipinski definition) is 4. The lowest BCUT2D eigenvalue weighted by atomic mass is 9.95. The molecule has 7 nitrogen and oxygen atoms in total. The van der Waals surface area contributed by atoms with E-state index in [2.05, 4.69) is 0 Å². The molecule has 0 spiro atoms. The van der Waals surface area contributed by atoms with Crippen molar-refractivity contribution < 1.29 is 34.6 Å². The highest BCUT2D eigenvalue weighted by atomic mass is 16.6. The summed E-state index contributed by atoms with van der Waals surface area (Å²) in [6, 6.07) is 7.94. The van der Waals surface area contributed by atoms with E-state index in [9.17, 15) is 15.3 Å². The van der Waals surface area contributed by atoms with Gasteiger partial charge in [-0.05, 0) is 37.0 Å². The van der Waals surface area contributed by atoms with E-state index >= 15 is 0 Å². The fourth-order valence-electron chi connectivity index (χ4n) is 2.84. The van der Waals surface area contributed by atoms with Crippen molar-refractivity contribution in [2.45, 2.75) is 49.8 Å². The molecule has 142 valence electrons. The lowest BCUT2D eigenvalue weighted by Gasteiger charge is -2.39. The third-order valence-corrected chi connectivity index (χ3v) is 4.44. The summed E-state index contributed by atoms with van der Waals surface area (Å²) >= 11 is 0. The molecular weight excluding hydrogens is 328 g/mol. The summed E-state index contributed by atoms with van der Waals surface area (Å²) in [5, 5.41) is 38.5. The highest BCUT2D eigenvalue weighted by molar-refractivity contribution is 5.27. The average molecular weight is 356 g/mol. The van der Waals surface area contributed by atoms with Crippen LogP contribution in [-0.2, 0) is 15.9 Å². The van der Waals surface area contributed by atoms with Crippen molar-refractivity contribution in [1.29, 1.82) is 0 Å². The van der Waals surface area contributed by atoms with E-state index in [0.29, 0.717) is 6.61 Å². The van der Waals surface area contributed by atoms with Gasteiger partial charge in [0.05, 0.1) is 20.3 Å². The van der Waals surface area contributed by atoms with E-state index in [1.54, 1.807) is 7.11 Å². The average Bonchev–Trinajstić information content (AvgIpc) is 2.64. The van der Waals surface area contributed by atoms with Crippen LogP contribution >= 0.6 is 0 Å². The molecule has 1 fully saturated rings. The van der Waals surface area contributed by atoms with E-state index in [1.807, 2.05) is 24.3 Å². The highest BCUT2D eigenvalue weighted by Gasteiger charge is 2.43. The van der Waals surface area contributed by atoms with Crippen LogP contribution in [0.15, 0.2) is 24.3 Å². The standard InChI is InChI=1S/C18H28O7/c1-23-13-7-5-12(6-8-13)4-2-3-9-24-11-15-17(21)18(22)16(20)14(10-19)25-15/h5-8,14-22H,2-4,9-11H2,1H3/t14-,15+,16-,17+,18+/m1/s1. The Labute approximate surface area is 147 Å². The Morgan fingerprint density at radius 2 is 1.64 bits per heavy atom. The van der Waals surface area contributed by atoms with Gasteiger partial charge in [0.15, 0.2) is 0 Å². The second kappa shape index (κ2) is 10.1. The van der Waals surface area contributed by atoms with Crippen LogP contribution in [0.5, 0.6) is 5.75 Å². The zero-order valence-corrected chi connectivity index (χ0v) is 14.5. The fraction of sp³-hybridized carbons (Fsp3) is 0.667. The number of aryl methyl sites for hydroxylation is 1. The van der Waals surface area contributed by atoms with Gasteiger partial charge in [0.25, 0.3) is 0 Å². The van der Waals surface area contributed by atoms with Crippen LogP contribution in [-0.4, -0.2) is 77.9 Å². The normalized spacial score (nSPS) is 29.6. The molecular formula is C18H28O7. The topological polar surface area (TPSA) is 109 Å². The Bertz CT molecular complexity index is 491. The fourth-order valence-corrected chi connectivity index (χ4v) is 2.84. The van der Waals surface area contributed by atoms with E-state index < -0.39 is 37.1 Å². The monoisotopic (exact) mass is 356 g/mol. The van der Waals surface area contributed by atoms with Crippen molar-refractivity contribution in [3.63, 3.8) is 0 Å². The van der Waals surface area contributed by atoms with Crippen molar-refractivity contribution >= 4 is 0 Å². The minimum absolute atomic E-state index is 0.101.